The van der Waals surface area contributed by atoms with E-state index in [1.807, 2.05) is 17.7 Å². The molecule has 0 bridgehead atoms. The second kappa shape index (κ2) is 8.06. The van der Waals surface area contributed by atoms with Crippen molar-refractivity contribution in [3.8, 4) is 0 Å². The lowest BCUT2D eigenvalue weighted by atomic mass is 9.86. The summed E-state index contributed by atoms with van der Waals surface area (Å²) in [5.41, 5.74) is 1.15. The van der Waals surface area contributed by atoms with Crippen LogP contribution in [0.2, 0.25) is 0 Å². The van der Waals surface area contributed by atoms with Gasteiger partial charge in [0.15, 0.2) is 0 Å². The lowest BCUT2D eigenvalue weighted by Gasteiger charge is -2.32. The quantitative estimate of drug-likeness (QED) is 0.876. The first-order valence-corrected chi connectivity index (χ1v) is 9.70. The zero-order valence-corrected chi connectivity index (χ0v) is 16.8. The van der Waals surface area contributed by atoms with Crippen molar-refractivity contribution >= 4 is 11.9 Å². The first-order chi connectivity index (χ1) is 12.8. The number of amides is 1. The topological polar surface area (TPSA) is 75.9 Å². The van der Waals surface area contributed by atoms with Gasteiger partial charge >= 0.3 is 0 Å². The summed E-state index contributed by atoms with van der Waals surface area (Å²) in [5.74, 6) is 0.514. The molecule has 1 saturated heterocycles. The predicted octanol–water partition coefficient (Wildman–Crippen LogP) is 2.82. The molecule has 0 radical (unpaired) electrons. The average Bonchev–Trinajstić information content (AvgIpc) is 3.14. The van der Waals surface area contributed by atoms with Crippen molar-refractivity contribution in [1.29, 1.82) is 0 Å². The molecule has 0 aliphatic carbocycles. The molecular formula is C20H30N6O. The van der Waals surface area contributed by atoms with Gasteiger partial charge in [0.25, 0.3) is 5.91 Å². The zero-order valence-electron chi connectivity index (χ0n) is 16.8. The van der Waals surface area contributed by atoms with E-state index in [0.717, 1.165) is 31.6 Å². The maximum Gasteiger partial charge on any atom is 0.270 e. The van der Waals surface area contributed by atoms with E-state index in [1.54, 1.807) is 18.6 Å². The maximum absolute atomic E-state index is 13.0. The summed E-state index contributed by atoms with van der Waals surface area (Å²) in [4.78, 5) is 28.4. The Morgan fingerprint density at radius 1 is 1.22 bits per heavy atom. The van der Waals surface area contributed by atoms with Gasteiger partial charge < -0.3 is 14.8 Å². The van der Waals surface area contributed by atoms with E-state index < -0.39 is 0 Å². The van der Waals surface area contributed by atoms with Crippen LogP contribution in [0.25, 0.3) is 0 Å². The van der Waals surface area contributed by atoms with Crippen molar-refractivity contribution in [1.82, 2.24) is 24.8 Å². The van der Waals surface area contributed by atoms with Crippen molar-refractivity contribution < 1.29 is 4.79 Å². The molecular weight excluding hydrogens is 340 g/mol. The van der Waals surface area contributed by atoms with Crippen LogP contribution in [-0.2, 0) is 6.54 Å². The van der Waals surface area contributed by atoms with Crippen molar-refractivity contribution in [3.63, 3.8) is 0 Å². The lowest BCUT2D eigenvalue weighted by Crippen LogP contribution is -2.46. The standard InChI is InChI=1S/C20H30N6O/c1-15-12-16(23-19(22-15)26-9-6-5-7-10-26)18(27)24-17(20(2,3)4)13-25-11-8-21-14-25/h8,11-12,14,17H,5-7,9-10,13H2,1-4H3,(H,24,27)/t17-/m1/s1. The number of nitrogens with one attached hydrogen (secondary N) is 1. The van der Waals surface area contributed by atoms with Crippen LogP contribution in [0.1, 0.15) is 56.2 Å². The van der Waals surface area contributed by atoms with Gasteiger partial charge in [-0.05, 0) is 37.7 Å². The van der Waals surface area contributed by atoms with Crippen LogP contribution >= 0.6 is 0 Å². The first kappa shape index (κ1) is 19.3. The summed E-state index contributed by atoms with van der Waals surface area (Å²) in [7, 11) is 0. The number of carbonyl (C=O) groups excluding carboxylic acids is 1. The number of imidazole rings is 1. The summed E-state index contributed by atoms with van der Waals surface area (Å²) in [6.07, 6.45) is 8.98. The Balaban J connectivity index is 1.78. The third-order valence-electron chi connectivity index (χ3n) is 5.02. The molecule has 1 aliphatic rings. The minimum absolute atomic E-state index is 0.0482. The number of piperidine rings is 1. The van der Waals surface area contributed by atoms with E-state index >= 15 is 0 Å². The largest absolute Gasteiger partial charge is 0.346 e. The molecule has 2 aromatic rings. The molecule has 27 heavy (non-hydrogen) atoms. The minimum Gasteiger partial charge on any atom is -0.346 e. The number of anilines is 1. The summed E-state index contributed by atoms with van der Waals surface area (Å²) in [6.45, 7) is 10.9. The van der Waals surface area contributed by atoms with Crippen LogP contribution in [0.5, 0.6) is 0 Å². The van der Waals surface area contributed by atoms with E-state index in [0.29, 0.717) is 18.2 Å². The predicted molar refractivity (Wildman–Crippen MR) is 106 cm³/mol. The second-order valence-electron chi connectivity index (χ2n) is 8.39. The van der Waals surface area contributed by atoms with Crippen LogP contribution in [0.4, 0.5) is 5.95 Å². The lowest BCUT2D eigenvalue weighted by molar-refractivity contribution is 0.0887. The third-order valence-corrected chi connectivity index (χ3v) is 5.02. The molecule has 3 rings (SSSR count). The maximum atomic E-state index is 13.0. The molecule has 146 valence electrons. The fraction of sp³-hybridized carbons (Fsp3) is 0.600. The summed E-state index contributed by atoms with van der Waals surface area (Å²) < 4.78 is 1.99. The SMILES string of the molecule is Cc1cc(C(=O)N[C@H](Cn2ccnc2)C(C)(C)C)nc(N2CCCCC2)n1. The van der Waals surface area contributed by atoms with E-state index in [9.17, 15) is 4.79 Å². The molecule has 0 aromatic carbocycles. The molecule has 7 heteroatoms. The van der Waals surface area contributed by atoms with E-state index in [2.05, 4.69) is 45.9 Å². The second-order valence-corrected chi connectivity index (χ2v) is 8.39. The molecule has 3 heterocycles. The van der Waals surface area contributed by atoms with Gasteiger partial charge in [0, 0.05) is 37.7 Å². The number of aryl methyl sites for hydroxylation is 1. The number of carbonyl (C=O) groups is 1. The van der Waals surface area contributed by atoms with E-state index in [4.69, 9.17) is 0 Å². The highest BCUT2D eigenvalue weighted by atomic mass is 16.2. The van der Waals surface area contributed by atoms with Crippen molar-refractivity contribution in [3.05, 3.63) is 36.2 Å². The summed E-state index contributed by atoms with van der Waals surface area (Å²) in [6, 6.07) is 1.72. The van der Waals surface area contributed by atoms with Gasteiger partial charge in [-0.15, -0.1) is 0 Å². The smallest absolute Gasteiger partial charge is 0.270 e. The normalized spacial score (nSPS) is 16.2. The van der Waals surface area contributed by atoms with Crippen LogP contribution in [-0.4, -0.2) is 44.6 Å². The van der Waals surface area contributed by atoms with Crippen LogP contribution in [0, 0.1) is 12.3 Å². The highest BCUT2D eigenvalue weighted by molar-refractivity contribution is 5.92. The zero-order chi connectivity index (χ0) is 19.4. The Hall–Kier alpha value is -2.44. The molecule has 1 aliphatic heterocycles. The Morgan fingerprint density at radius 2 is 1.96 bits per heavy atom. The monoisotopic (exact) mass is 370 g/mol. The van der Waals surface area contributed by atoms with Crippen LogP contribution < -0.4 is 10.2 Å². The van der Waals surface area contributed by atoms with Crippen molar-refractivity contribution in [2.45, 2.75) is 59.5 Å². The molecule has 1 amide bonds. The molecule has 2 aromatic heterocycles. The Kier molecular flexibility index (Phi) is 5.77. The molecule has 1 N–H and O–H groups in total. The fourth-order valence-electron chi connectivity index (χ4n) is 3.28. The minimum atomic E-state index is -0.154. The number of hydrogen-bond acceptors (Lipinski definition) is 5. The van der Waals surface area contributed by atoms with E-state index in [-0.39, 0.29) is 17.4 Å². The number of nitrogens with zero attached hydrogens (tertiary/aromatic N) is 5. The number of rotatable bonds is 5. The molecule has 0 spiro atoms. The summed E-state index contributed by atoms with van der Waals surface area (Å²) >= 11 is 0. The highest BCUT2D eigenvalue weighted by Gasteiger charge is 2.28. The Morgan fingerprint density at radius 3 is 2.59 bits per heavy atom. The Labute approximate surface area is 161 Å². The highest BCUT2D eigenvalue weighted by Crippen LogP contribution is 2.22. The number of hydrogen-bond donors (Lipinski definition) is 1. The van der Waals surface area contributed by atoms with Gasteiger partial charge in [0.2, 0.25) is 5.95 Å². The molecule has 0 unspecified atom stereocenters. The van der Waals surface area contributed by atoms with Crippen molar-refractivity contribution in [2.24, 2.45) is 5.41 Å². The van der Waals surface area contributed by atoms with E-state index in [1.165, 1.54) is 6.42 Å². The van der Waals surface area contributed by atoms with Gasteiger partial charge in [-0.25, -0.2) is 15.0 Å². The van der Waals surface area contributed by atoms with Gasteiger partial charge in [-0.1, -0.05) is 20.8 Å². The third kappa shape index (κ3) is 5.05. The van der Waals surface area contributed by atoms with Crippen molar-refractivity contribution in [2.75, 3.05) is 18.0 Å². The molecule has 1 fully saturated rings. The fourth-order valence-corrected chi connectivity index (χ4v) is 3.28. The molecule has 7 nitrogen and oxygen atoms in total. The van der Waals surface area contributed by atoms with Crippen LogP contribution in [0.3, 0.4) is 0 Å². The van der Waals surface area contributed by atoms with Gasteiger partial charge in [-0.2, -0.15) is 0 Å². The van der Waals surface area contributed by atoms with Gasteiger partial charge in [-0.3, -0.25) is 4.79 Å². The molecule has 1 atom stereocenters. The first-order valence-electron chi connectivity index (χ1n) is 9.70. The number of aromatic nitrogens is 4. The summed E-state index contributed by atoms with van der Waals surface area (Å²) in [5, 5.41) is 3.17. The Bertz CT molecular complexity index is 759. The molecule has 0 saturated carbocycles. The van der Waals surface area contributed by atoms with Gasteiger partial charge in [0.1, 0.15) is 5.69 Å². The van der Waals surface area contributed by atoms with Gasteiger partial charge in [0.05, 0.1) is 12.4 Å². The van der Waals surface area contributed by atoms with Crippen LogP contribution in [0.15, 0.2) is 24.8 Å². The average molecular weight is 371 g/mol.